The van der Waals surface area contributed by atoms with Crippen LogP contribution in [0.5, 0.6) is 17.2 Å². The molecule has 0 radical (unpaired) electrons. The highest BCUT2D eigenvalue weighted by atomic mass is 16.5. The van der Waals surface area contributed by atoms with Crippen molar-refractivity contribution in [1.82, 2.24) is 5.32 Å². The lowest BCUT2D eigenvalue weighted by Gasteiger charge is -2.12. The van der Waals surface area contributed by atoms with Gasteiger partial charge in [-0.25, -0.2) is 4.79 Å². The van der Waals surface area contributed by atoms with Gasteiger partial charge < -0.3 is 25.2 Å². The summed E-state index contributed by atoms with van der Waals surface area (Å²) in [6, 6.07) is 11.7. The number of hydrogen-bond donors (Lipinski definition) is 3. The number of amides is 2. The highest BCUT2D eigenvalue weighted by molar-refractivity contribution is 5.90. The number of para-hydroxylation sites is 2. The fourth-order valence-corrected chi connectivity index (χ4v) is 1.83. The maximum absolute atomic E-state index is 11.7. The van der Waals surface area contributed by atoms with Crippen LogP contribution in [0.25, 0.3) is 0 Å². The zero-order valence-electron chi connectivity index (χ0n) is 12.4. The number of urea groups is 1. The zero-order chi connectivity index (χ0) is 15.9. The van der Waals surface area contributed by atoms with Crippen molar-refractivity contribution in [2.24, 2.45) is 0 Å². The van der Waals surface area contributed by atoms with E-state index < -0.39 is 6.03 Å². The highest BCUT2D eigenvalue weighted by Crippen LogP contribution is 2.25. The Morgan fingerprint density at radius 2 is 1.91 bits per heavy atom. The van der Waals surface area contributed by atoms with E-state index in [2.05, 4.69) is 10.6 Å². The van der Waals surface area contributed by atoms with E-state index in [1.165, 1.54) is 0 Å². The molecule has 0 aliphatic carbocycles. The summed E-state index contributed by atoms with van der Waals surface area (Å²) in [5, 5.41) is 14.8. The topological polar surface area (TPSA) is 79.8 Å². The van der Waals surface area contributed by atoms with Crippen molar-refractivity contribution < 1.29 is 19.4 Å². The van der Waals surface area contributed by atoms with Gasteiger partial charge in [0.15, 0.2) is 18.2 Å². The molecule has 0 saturated heterocycles. The van der Waals surface area contributed by atoms with E-state index in [-0.39, 0.29) is 12.5 Å². The molecule has 0 aliphatic rings. The van der Waals surface area contributed by atoms with Gasteiger partial charge in [0.2, 0.25) is 0 Å². The lowest BCUT2D eigenvalue weighted by atomic mass is 10.2. The first kappa shape index (κ1) is 15.5. The van der Waals surface area contributed by atoms with Crippen LogP contribution in [-0.4, -0.2) is 25.0 Å². The predicted octanol–water partition coefficient (Wildman–Crippen LogP) is 2.87. The number of carbonyl (C=O) groups is 1. The SMILES string of the molecule is COc1ccccc1OCNC(=O)Nc1ccc(C)cc1O. The number of rotatable bonds is 5. The smallest absolute Gasteiger partial charge is 0.321 e. The molecule has 2 amide bonds. The first-order chi connectivity index (χ1) is 10.6. The third-order valence-corrected chi connectivity index (χ3v) is 2.93. The fourth-order valence-electron chi connectivity index (χ4n) is 1.83. The second-order valence-corrected chi connectivity index (χ2v) is 4.59. The van der Waals surface area contributed by atoms with Gasteiger partial charge in [-0.1, -0.05) is 18.2 Å². The maximum atomic E-state index is 11.7. The van der Waals surface area contributed by atoms with Gasteiger partial charge in [0.25, 0.3) is 0 Å². The van der Waals surface area contributed by atoms with Crippen LogP contribution < -0.4 is 20.1 Å². The van der Waals surface area contributed by atoms with Crippen molar-refractivity contribution in [2.45, 2.75) is 6.92 Å². The molecule has 0 spiro atoms. The number of anilines is 1. The number of hydrogen-bond acceptors (Lipinski definition) is 4. The maximum Gasteiger partial charge on any atom is 0.321 e. The second kappa shape index (κ2) is 7.21. The van der Waals surface area contributed by atoms with E-state index in [1.807, 2.05) is 19.1 Å². The highest BCUT2D eigenvalue weighted by Gasteiger charge is 2.07. The number of aromatic hydroxyl groups is 1. The van der Waals surface area contributed by atoms with Crippen molar-refractivity contribution in [1.29, 1.82) is 0 Å². The van der Waals surface area contributed by atoms with Crippen molar-refractivity contribution in [3.05, 3.63) is 48.0 Å². The normalized spacial score (nSPS) is 9.91. The Morgan fingerprint density at radius 1 is 1.18 bits per heavy atom. The molecule has 0 fully saturated rings. The molecule has 0 heterocycles. The van der Waals surface area contributed by atoms with Gasteiger partial charge in [-0.15, -0.1) is 0 Å². The summed E-state index contributed by atoms with van der Waals surface area (Å²) in [5.74, 6) is 1.13. The molecule has 0 aromatic heterocycles. The van der Waals surface area contributed by atoms with E-state index in [9.17, 15) is 9.90 Å². The van der Waals surface area contributed by atoms with Gasteiger partial charge in [-0.3, -0.25) is 0 Å². The van der Waals surface area contributed by atoms with Crippen LogP contribution in [0, 0.1) is 6.92 Å². The molecule has 2 aromatic carbocycles. The largest absolute Gasteiger partial charge is 0.506 e. The minimum Gasteiger partial charge on any atom is -0.506 e. The van der Waals surface area contributed by atoms with Crippen molar-refractivity contribution >= 4 is 11.7 Å². The first-order valence-electron chi connectivity index (χ1n) is 6.70. The zero-order valence-corrected chi connectivity index (χ0v) is 12.4. The summed E-state index contributed by atoms with van der Waals surface area (Å²) in [4.78, 5) is 11.7. The Balaban J connectivity index is 1.85. The van der Waals surface area contributed by atoms with Crippen LogP contribution in [0.2, 0.25) is 0 Å². The second-order valence-electron chi connectivity index (χ2n) is 4.59. The summed E-state index contributed by atoms with van der Waals surface area (Å²) in [6.07, 6.45) is 0. The molecule has 0 atom stereocenters. The van der Waals surface area contributed by atoms with Gasteiger partial charge in [0.1, 0.15) is 5.75 Å². The van der Waals surface area contributed by atoms with E-state index in [0.29, 0.717) is 17.2 Å². The summed E-state index contributed by atoms with van der Waals surface area (Å²) in [6.45, 7) is 1.82. The van der Waals surface area contributed by atoms with Crippen molar-refractivity contribution in [3.63, 3.8) is 0 Å². The monoisotopic (exact) mass is 302 g/mol. The number of nitrogens with one attached hydrogen (secondary N) is 2. The molecule has 22 heavy (non-hydrogen) atoms. The van der Waals surface area contributed by atoms with Crippen LogP contribution in [0.15, 0.2) is 42.5 Å². The van der Waals surface area contributed by atoms with E-state index in [1.54, 1.807) is 37.4 Å². The molecule has 3 N–H and O–H groups in total. The molecule has 2 aromatic rings. The lowest BCUT2D eigenvalue weighted by molar-refractivity contribution is 0.231. The van der Waals surface area contributed by atoms with E-state index in [0.717, 1.165) is 5.56 Å². The van der Waals surface area contributed by atoms with Gasteiger partial charge >= 0.3 is 6.03 Å². The third-order valence-electron chi connectivity index (χ3n) is 2.93. The summed E-state index contributed by atoms with van der Waals surface area (Å²) in [5.41, 5.74) is 1.24. The number of carbonyl (C=O) groups excluding carboxylic acids is 1. The van der Waals surface area contributed by atoms with Crippen LogP contribution in [0.3, 0.4) is 0 Å². The minimum atomic E-state index is -0.478. The average molecular weight is 302 g/mol. The van der Waals surface area contributed by atoms with Gasteiger partial charge in [-0.2, -0.15) is 0 Å². The van der Waals surface area contributed by atoms with Crippen LogP contribution in [0.1, 0.15) is 5.56 Å². The Bertz CT molecular complexity index is 658. The number of ether oxygens (including phenoxy) is 2. The molecule has 0 bridgehead atoms. The Hall–Kier alpha value is -2.89. The molecule has 116 valence electrons. The van der Waals surface area contributed by atoms with Crippen LogP contribution in [-0.2, 0) is 0 Å². The standard InChI is InChI=1S/C16H18N2O4/c1-11-7-8-12(13(19)9-11)18-16(20)17-10-22-15-6-4-3-5-14(15)21-2/h3-9,19H,10H2,1-2H3,(H2,17,18,20). The predicted molar refractivity (Wildman–Crippen MR) is 83.5 cm³/mol. The van der Waals surface area contributed by atoms with Crippen molar-refractivity contribution in [3.8, 4) is 17.2 Å². The number of methoxy groups -OCH3 is 1. The first-order valence-corrected chi connectivity index (χ1v) is 6.70. The minimum absolute atomic E-state index is 0.0146. The molecule has 2 rings (SSSR count). The molecule has 0 saturated carbocycles. The number of phenols is 1. The molecule has 0 aliphatic heterocycles. The van der Waals surface area contributed by atoms with Gasteiger partial charge in [0, 0.05) is 0 Å². The fraction of sp³-hybridized carbons (Fsp3) is 0.188. The van der Waals surface area contributed by atoms with Crippen LogP contribution in [0.4, 0.5) is 10.5 Å². The number of phenolic OH excluding ortho intramolecular Hbond substituents is 1. The molecular weight excluding hydrogens is 284 g/mol. The van der Waals surface area contributed by atoms with E-state index in [4.69, 9.17) is 9.47 Å². The number of aryl methyl sites for hydroxylation is 1. The Labute approximate surface area is 128 Å². The van der Waals surface area contributed by atoms with E-state index >= 15 is 0 Å². The molecule has 0 unspecified atom stereocenters. The summed E-state index contributed by atoms with van der Waals surface area (Å²) >= 11 is 0. The Kier molecular flexibility index (Phi) is 5.08. The van der Waals surface area contributed by atoms with Crippen molar-refractivity contribution in [2.75, 3.05) is 19.2 Å². The third kappa shape index (κ3) is 4.05. The quantitative estimate of drug-likeness (QED) is 0.586. The van der Waals surface area contributed by atoms with Crippen LogP contribution >= 0.6 is 0 Å². The molecule has 6 heteroatoms. The summed E-state index contributed by atoms with van der Waals surface area (Å²) < 4.78 is 10.6. The average Bonchev–Trinajstić information content (AvgIpc) is 2.50. The Morgan fingerprint density at radius 3 is 2.59 bits per heavy atom. The number of benzene rings is 2. The molecule has 6 nitrogen and oxygen atoms in total. The van der Waals surface area contributed by atoms with Gasteiger partial charge in [0.05, 0.1) is 12.8 Å². The van der Waals surface area contributed by atoms with Gasteiger partial charge in [-0.05, 0) is 36.8 Å². The lowest BCUT2D eigenvalue weighted by Crippen LogP contribution is -2.32. The molecular formula is C16H18N2O4. The summed E-state index contributed by atoms with van der Waals surface area (Å²) in [7, 11) is 1.54.